The number of para-hydroxylation sites is 1. The number of hydrogen-bond acceptors (Lipinski definition) is 3. The minimum Gasteiger partial charge on any atom is -0.381 e. The molecule has 0 amide bonds. The van der Waals surface area contributed by atoms with Gasteiger partial charge in [-0.25, -0.2) is 0 Å². The van der Waals surface area contributed by atoms with Crippen LogP contribution in [-0.4, -0.2) is 36.7 Å². The third kappa shape index (κ3) is 2.93. The Morgan fingerprint density at radius 2 is 2.11 bits per heavy atom. The van der Waals surface area contributed by atoms with Crippen molar-refractivity contribution in [2.45, 2.75) is 50.9 Å². The fraction of sp³-hybridized carbons (Fsp3) is 0.625. The van der Waals surface area contributed by atoms with E-state index in [2.05, 4.69) is 41.4 Å². The predicted octanol–water partition coefficient (Wildman–Crippen LogP) is 2.87. The Hall–Kier alpha value is -1.06. The smallest absolute Gasteiger partial charge is 0.0733 e. The van der Waals surface area contributed by atoms with E-state index in [1.54, 1.807) is 7.11 Å². The van der Waals surface area contributed by atoms with Gasteiger partial charge >= 0.3 is 0 Å². The van der Waals surface area contributed by atoms with E-state index in [4.69, 9.17) is 4.74 Å². The molecule has 3 heteroatoms. The molecule has 2 fully saturated rings. The molecular weight excluding hydrogens is 236 g/mol. The summed E-state index contributed by atoms with van der Waals surface area (Å²) in [5.41, 5.74) is 2.49. The molecule has 0 aromatic heterocycles. The Balaban J connectivity index is 1.65. The van der Waals surface area contributed by atoms with Gasteiger partial charge in [0.05, 0.1) is 6.61 Å². The summed E-state index contributed by atoms with van der Waals surface area (Å²) in [6.07, 6.45) is 4.05. The topological polar surface area (TPSA) is 24.5 Å². The fourth-order valence-corrected chi connectivity index (χ4v) is 3.24. The summed E-state index contributed by atoms with van der Waals surface area (Å²) in [4.78, 5) is 2.68. The highest BCUT2D eigenvalue weighted by Crippen LogP contribution is 2.34. The van der Waals surface area contributed by atoms with Crippen LogP contribution in [-0.2, 0) is 11.3 Å². The second kappa shape index (κ2) is 5.51. The molecule has 0 bridgehead atoms. The predicted molar refractivity (Wildman–Crippen MR) is 78.4 cm³/mol. The van der Waals surface area contributed by atoms with E-state index in [9.17, 15) is 0 Å². The maximum Gasteiger partial charge on any atom is 0.0733 e. The SMILES string of the molecule is COCc1ccccc1NC1CC(C)N(C2CC2)C1. The zero-order valence-electron chi connectivity index (χ0n) is 11.9. The molecule has 1 aliphatic carbocycles. The van der Waals surface area contributed by atoms with Crippen LogP contribution in [0.25, 0.3) is 0 Å². The number of ether oxygens (including phenoxy) is 1. The van der Waals surface area contributed by atoms with Crippen molar-refractivity contribution in [2.75, 3.05) is 19.0 Å². The second-order valence-corrected chi connectivity index (χ2v) is 5.94. The highest BCUT2D eigenvalue weighted by Gasteiger charge is 2.38. The van der Waals surface area contributed by atoms with Gasteiger partial charge in [0, 0.05) is 43.0 Å². The van der Waals surface area contributed by atoms with E-state index in [-0.39, 0.29) is 0 Å². The van der Waals surface area contributed by atoms with Crippen molar-refractivity contribution in [3.63, 3.8) is 0 Å². The number of anilines is 1. The highest BCUT2D eigenvalue weighted by molar-refractivity contribution is 5.51. The van der Waals surface area contributed by atoms with E-state index in [0.717, 1.165) is 12.1 Å². The van der Waals surface area contributed by atoms with E-state index in [1.165, 1.54) is 37.1 Å². The Morgan fingerprint density at radius 1 is 1.32 bits per heavy atom. The largest absolute Gasteiger partial charge is 0.381 e. The first-order chi connectivity index (χ1) is 9.28. The van der Waals surface area contributed by atoms with E-state index in [1.807, 2.05) is 0 Å². The lowest BCUT2D eigenvalue weighted by atomic mass is 10.1. The molecule has 1 saturated heterocycles. The molecule has 104 valence electrons. The van der Waals surface area contributed by atoms with Gasteiger partial charge in [0.25, 0.3) is 0 Å². The maximum absolute atomic E-state index is 5.27. The number of nitrogens with zero attached hydrogens (tertiary/aromatic N) is 1. The average molecular weight is 260 g/mol. The van der Waals surface area contributed by atoms with Gasteiger partial charge in [-0.15, -0.1) is 0 Å². The summed E-state index contributed by atoms with van der Waals surface area (Å²) in [6, 6.07) is 10.7. The number of hydrogen-bond donors (Lipinski definition) is 1. The van der Waals surface area contributed by atoms with Gasteiger partial charge < -0.3 is 10.1 Å². The molecule has 1 N–H and O–H groups in total. The molecule has 1 aromatic carbocycles. The Bertz CT molecular complexity index is 431. The van der Waals surface area contributed by atoms with Crippen LogP contribution >= 0.6 is 0 Å². The number of rotatable bonds is 5. The van der Waals surface area contributed by atoms with Gasteiger partial charge in [0.2, 0.25) is 0 Å². The lowest BCUT2D eigenvalue weighted by Gasteiger charge is -2.20. The quantitative estimate of drug-likeness (QED) is 0.881. The van der Waals surface area contributed by atoms with Gasteiger partial charge in [-0.1, -0.05) is 18.2 Å². The first-order valence-corrected chi connectivity index (χ1v) is 7.37. The summed E-state index contributed by atoms with van der Waals surface area (Å²) >= 11 is 0. The minimum atomic E-state index is 0.577. The van der Waals surface area contributed by atoms with Crippen LogP contribution in [0.3, 0.4) is 0 Å². The molecule has 2 atom stereocenters. The minimum absolute atomic E-state index is 0.577. The third-order valence-electron chi connectivity index (χ3n) is 4.32. The number of nitrogens with one attached hydrogen (secondary N) is 1. The van der Waals surface area contributed by atoms with E-state index in [0.29, 0.717) is 12.6 Å². The first-order valence-electron chi connectivity index (χ1n) is 7.37. The van der Waals surface area contributed by atoms with Crippen molar-refractivity contribution >= 4 is 5.69 Å². The van der Waals surface area contributed by atoms with Gasteiger partial charge in [0.15, 0.2) is 0 Å². The van der Waals surface area contributed by atoms with Crippen LogP contribution in [0.1, 0.15) is 31.7 Å². The fourth-order valence-electron chi connectivity index (χ4n) is 3.24. The molecule has 2 aliphatic rings. The molecule has 1 saturated carbocycles. The van der Waals surface area contributed by atoms with Crippen molar-refractivity contribution in [1.29, 1.82) is 0 Å². The van der Waals surface area contributed by atoms with E-state index >= 15 is 0 Å². The first kappa shape index (κ1) is 12.9. The van der Waals surface area contributed by atoms with Crippen LogP contribution in [0, 0.1) is 0 Å². The van der Waals surface area contributed by atoms with Crippen LogP contribution in [0.15, 0.2) is 24.3 Å². The average Bonchev–Trinajstić information content (AvgIpc) is 3.17. The normalized spacial score (nSPS) is 27.7. The van der Waals surface area contributed by atoms with Gasteiger partial charge in [-0.2, -0.15) is 0 Å². The zero-order chi connectivity index (χ0) is 13.2. The summed E-state index contributed by atoms with van der Waals surface area (Å²) in [7, 11) is 1.75. The molecule has 1 aliphatic heterocycles. The molecule has 3 nitrogen and oxygen atoms in total. The summed E-state index contributed by atoms with van der Waals surface area (Å²) in [6.45, 7) is 4.23. The van der Waals surface area contributed by atoms with Crippen molar-refractivity contribution in [3.8, 4) is 0 Å². The number of benzene rings is 1. The third-order valence-corrected chi connectivity index (χ3v) is 4.32. The lowest BCUT2D eigenvalue weighted by Crippen LogP contribution is -2.31. The summed E-state index contributed by atoms with van der Waals surface area (Å²) < 4.78 is 5.27. The summed E-state index contributed by atoms with van der Waals surface area (Å²) in [5.74, 6) is 0. The van der Waals surface area contributed by atoms with Gasteiger partial charge in [-0.05, 0) is 32.3 Å². The Morgan fingerprint density at radius 3 is 2.84 bits per heavy atom. The molecule has 3 rings (SSSR count). The monoisotopic (exact) mass is 260 g/mol. The van der Waals surface area contributed by atoms with Crippen molar-refractivity contribution in [3.05, 3.63) is 29.8 Å². The molecular formula is C16H24N2O. The molecule has 2 unspecified atom stereocenters. The Labute approximate surface area is 115 Å². The standard InChI is InChI=1S/C16H24N2O/c1-12-9-14(10-18(12)15-7-8-15)17-16-6-4-3-5-13(16)11-19-2/h3-6,12,14-15,17H,7-11H2,1-2H3. The van der Waals surface area contributed by atoms with Crippen molar-refractivity contribution in [1.82, 2.24) is 4.90 Å². The maximum atomic E-state index is 5.27. The van der Waals surface area contributed by atoms with Crippen LogP contribution < -0.4 is 5.32 Å². The van der Waals surface area contributed by atoms with Gasteiger partial charge in [-0.3, -0.25) is 4.90 Å². The van der Waals surface area contributed by atoms with Crippen LogP contribution in [0.5, 0.6) is 0 Å². The van der Waals surface area contributed by atoms with Crippen LogP contribution in [0.4, 0.5) is 5.69 Å². The second-order valence-electron chi connectivity index (χ2n) is 5.94. The Kier molecular flexibility index (Phi) is 3.76. The summed E-state index contributed by atoms with van der Waals surface area (Å²) in [5, 5.41) is 3.72. The molecule has 0 spiro atoms. The lowest BCUT2D eigenvalue weighted by molar-refractivity contribution is 0.185. The molecule has 19 heavy (non-hydrogen) atoms. The zero-order valence-corrected chi connectivity index (χ0v) is 11.9. The molecule has 1 aromatic rings. The van der Waals surface area contributed by atoms with Crippen molar-refractivity contribution in [2.24, 2.45) is 0 Å². The highest BCUT2D eigenvalue weighted by atomic mass is 16.5. The van der Waals surface area contributed by atoms with E-state index < -0.39 is 0 Å². The number of methoxy groups -OCH3 is 1. The molecule has 1 heterocycles. The number of likely N-dealkylation sites (tertiary alicyclic amines) is 1. The van der Waals surface area contributed by atoms with Gasteiger partial charge in [0.1, 0.15) is 0 Å². The van der Waals surface area contributed by atoms with Crippen LogP contribution in [0.2, 0.25) is 0 Å². The van der Waals surface area contributed by atoms with Crippen molar-refractivity contribution < 1.29 is 4.74 Å². The molecule has 0 radical (unpaired) electrons.